The number of hydrogen-bond donors (Lipinski definition) is 3. The largest absolute Gasteiger partial charge is 0.481 e. The summed E-state index contributed by atoms with van der Waals surface area (Å²) in [6, 6.07) is 0. The zero-order valence-electron chi connectivity index (χ0n) is 23.4. The molecule has 4 nitrogen and oxygen atoms in total. The first-order chi connectivity index (χ1) is 16.0. The minimum absolute atomic E-state index is 0.0619. The molecule has 0 amide bonds. The van der Waals surface area contributed by atoms with Crippen molar-refractivity contribution in [2.45, 2.75) is 119 Å². The predicted octanol–water partition coefficient (Wildman–Crippen LogP) is 6.45. The van der Waals surface area contributed by atoms with Crippen LogP contribution < -0.4 is 0 Å². The van der Waals surface area contributed by atoms with Crippen molar-refractivity contribution in [3.63, 3.8) is 0 Å². The van der Waals surface area contributed by atoms with Crippen LogP contribution in [-0.2, 0) is 4.79 Å². The third kappa shape index (κ3) is 2.96. The Morgan fingerprint density at radius 3 is 2.14 bits per heavy atom. The number of carbonyl (C=O) groups is 1. The van der Waals surface area contributed by atoms with Gasteiger partial charge in [0.1, 0.15) is 0 Å². The average molecular weight is 487 g/mol. The van der Waals surface area contributed by atoms with Crippen molar-refractivity contribution in [1.82, 2.24) is 0 Å². The third-order valence-corrected chi connectivity index (χ3v) is 13.5. The van der Waals surface area contributed by atoms with Gasteiger partial charge in [0.25, 0.3) is 0 Å². The van der Waals surface area contributed by atoms with Crippen LogP contribution in [0.4, 0.5) is 0 Å². The van der Waals surface area contributed by atoms with Crippen LogP contribution in [0.25, 0.3) is 0 Å². The molecule has 0 aromatic rings. The van der Waals surface area contributed by atoms with E-state index in [2.05, 4.69) is 61.5 Å². The van der Waals surface area contributed by atoms with Gasteiger partial charge in [-0.1, -0.05) is 67.0 Å². The normalized spacial score (nSPS) is 54.4. The molecular formula is C31H50O4. The highest BCUT2D eigenvalue weighted by atomic mass is 16.4. The van der Waals surface area contributed by atoms with Gasteiger partial charge in [0.15, 0.2) is 0 Å². The highest BCUT2D eigenvalue weighted by molar-refractivity contribution is 5.77. The zero-order chi connectivity index (χ0) is 26.0. The van der Waals surface area contributed by atoms with Crippen LogP contribution >= 0.6 is 0 Å². The van der Waals surface area contributed by atoms with E-state index in [1.807, 2.05) is 0 Å². The van der Waals surface area contributed by atoms with Crippen LogP contribution in [0.15, 0.2) is 11.6 Å². The van der Waals surface area contributed by atoms with Gasteiger partial charge < -0.3 is 15.3 Å². The molecule has 5 rings (SSSR count). The molecule has 0 aromatic carbocycles. The Morgan fingerprint density at radius 2 is 1.51 bits per heavy atom. The summed E-state index contributed by atoms with van der Waals surface area (Å²) in [4.78, 5) is 12.8. The van der Waals surface area contributed by atoms with E-state index in [-0.39, 0.29) is 45.0 Å². The lowest BCUT2D eigenvalue weighted by Gasteiger charge is -2.72. The van der Waals surface area contributed by atoms with E-state index in [9.17, 15) is 20.1 Å². The standard InChI is InChI=1S/C31H50O4/c1-18-17-28(6)20(27(4,5)23(18)32)11-12-30(8)21(28)10-9-19-22-24(33)26(2,3)13-15-31(22,25(34)35)16-14-29(19,30)7/h9,18,20-24,32-33H,10-17H2,1-8H3,(H,34,35). The average Bonchev–Trinajstić information content (AvgIpc) is 2.75. The number of hydrogen-bond acceptors (Lipinski definition) is 3. The quantitative estimate of drug-likeness (QED) is 0.372. The lowest BCUT2D eigenvalue weighted by molar-refractivity contribution is -0.222. The minimum Gasteiger partial charge on any atom is -0.481 e. The van der Waals surface area contributed by atoms with Crippen LogP contribution in [0, 0.1) is 56.2 Å². The number of aliphatic hydroxyl groups is 2. The number of allylic oxidation sites excluding steroid dienone is 1. The lowest BCUT2D eigenvalue weighted by atomic mass is 9.33. The van der Waals surface area contributed by atoms with E-state index in [1.54, 1.807) is 0 Å². The fourth-order valence-electron chi connectivity index (χ4n) is 11.2. The summed E-state index contributed by atoms with van der Waals surface area (Å²) in [5.74, 6) is 0.259. The zero-order valence-corrected chi connectivity index (χ0v) is 23.4. The first kappa shape index (κ1) is 25.8. The molecule has 0 saturated heterocycles. The molecule has 0 heterocycles. The van der Waals surface area contributed by atoms with E-state index >= 15 is 0 Å². The fraction of sp³-hybridized carbons (Fsp3) is 0.903. The highest BCUT2D eigenvalue weighted by Gasteiger charge is 2.70. The van der Waals surface area contributed by atoms with Gasteiger partial charge >= 0.3 is 5.97 Å². The van der Waals surface area contributed by atoms with Gasteiger partial charge in [-0.25, -0.2) is 0 Å². The SMILES string of the molecule is CC1CC2(C)C(CCC3(C)C2CC=C2C4C(O)C(C)(C)CCC4(C(=O)O)CCC23C)C(C)(C)C1O. The van der Waals surface area contributed by atoms with Crippen LogP contribution in [0.1, 0.15) is 107 Å². The lowest BCUT2D eigenvalue weighted by Crippen LogP contribution is -2.67. The Balaban J connectivity index is 1.63. The first-order valence-corrected chi connectivity index (χ1v) is 14.3. The summed E-state index contributed by atoms with van der Waals surface area (Å²) in [5.41, 5.74) is 0.145. The van der Waals surface area contributed by atoms with Crippen LogP contribution in [0.5, 0.6) is 0 Å². The molecule has 0 spiro atoms. The number of carboxylic acid groups (broad SMARTS) is 1. The van der Waals surface area contributed by atoms with Gasteiger partial charge in [-0.3, -0.25) is 4.79 Å². The van der Waals surface area contributed by atoms with E-state index in [0.717, 1.165) is 38.5 Å². The molecule has 4 fully saturated rings. The maximum Gasteiger partial charge on any atom is 0.310 e. The monoisotopic (exact) mass is 486 g/mol. The summed E-state index contributed by atoms with van der Waals surface area (Å²) in [6.45, 7) is 18.5. The minimum atomic E-state index is -0.837. The molecule has 10 unspecified atom stereocenters. The molecule has 0 bridgehead atoms. The fourth-order valence-corrected chi connectivity index (χ4v) is 11.2. The van der Waals surface area contributed by atoms with Gasteiger partial charge in [0, 0.05) is 5.92 Å². The predicted molar refractivity (Wildman–Crippen MR) is 139 cm³/mol. The molecule has 4 saturated carbocycles. The van der Waals surface area contributed by atoms with Crippen molar-refractivity contribution in [1.29, 1.82) is 0 Å². The topological polar surface area (TPSA) is 77.8 Å². The molecule has 35 heavy (non-hydrogen) atoms. The molecule has 3 N–H and O–H groups in total. The Hall–Kier alpha value is -0.870. The molecule has 5 aliphatic rings. The summed E-state index contributed by atoms with van der Waals surface area (Å²) < 4.78 is 0. The molecule has 0 aliphatic heterocycles. The molecular weight excluding hydrogens is 436 g/mol. The highest BCUT2D eigenvalue weighted by Crippen LogP contribution is 2.76. The van der Waals surface area contributed by atoms with Crippen molar-refractivity contribution in [2.75, 3.05) is 0 Å². The summed E-state index contributed by atoms with van der Waals surface area (Å²) in [7, 11) is 0. The Kier molecular flexibility index (Phi) is 5.42. The van der Waals surface area contributed by atoms with Crippen LogP contribution in [0.3, 0.4) is 0 Å². The van der Waals surface area contributed by atoms with Gasteiger partial charge in [-0.2, -0.15) is 0 Å². The Morgan fingerprint density at radius 1 is 0.886 bits per heavy atom. The van der Waals surface area contributed by atoms with Crippen molar-refractivity contribution < 1.29 is 20.1 Å². The number of carboxylic acids is 1. The summed E-state index contributed by atoms with van der Waals surface area (Å²) in [5, 5.41) is 33.4. The van der Waals surface area contributed by atoms with Crippen molar-refractivity contribution >= 4 is 5.97 Å². The van der Waals surface area contributed by atoms with Crippen LogP contribution in [-0.4, -0.2) is 33.5 Å². The van der Waals surface area contributed by atoms with Crippen LogP contribution in [0.2, 0.25) is 0 Å². The van der Waals surface area contributed by atoms with Crippen molar-refractivity contribution in [2.24, 2.45) is 56.2 Å². The smallest absolute Gasteiger partial charge is 0.310 e. The molecule has 4 heteroatoms. The molecule has 0 radical (unpaired) electrons. The second-order valence-electron chi connectivity index (χ2n) is 15.6. The van der Waals surface area contributed by atoms with Gasteiger partial charge in [0.2, 0.25) is 0 Å². The first-order valence-electron chi connectivity index (χ1n) is 14.3. The number of fused-ring (bicyclic) bond motifs is 7. The molecule has 5 aliphatic carbocycles. The molecule has 198 valence electrons. The van der Waals surface area contributed by atoms with Gasteiger partial charge in [-0.05, 0) is 96.2 Å². The molecule has 10 atom stereocenters. The van der Waals surface area contributed by atoms with E-state index in [0.29, 0.717) is 24.7 Å². The van der Waals surface area contributed by atoms with Gasteiger partial charge in [-0.15, -0.1) is 0 Å². The number of aliphatic hydroxyl groups excluding tert-OH is 2. The van der Waals surface area contributed by atoms with E-state index in [4.69, 9.17) is 0 Å². The second-order valence-corrected chi connectivity index (χ2v) is 15.6. The second kappa shape index (κ2) is 7.37. The Labute approximate surface area is 213 Å². The van der Waals surface area contributed by atoms with Crippen molar-refractivity contribution in [3.8, 4) is 0 Å². The summed E-state index contributed by atoms with van der Waals surface area (Å²) in [6.07, 6.45) is 8.75. The third-order valence-electron chi connectivity index (χ3n) is 13.5. The van der Waals surface area contributed by atoms with Crippen molar-refractivity contribution in [3.05, 3.63) is 11.6 Å². The molecule has 0 aromatic heterocycles. The number of aliphatic carboxylic acids is 1. The Bertz CT molecular complexity index is 950. The summed E-state index contributed by atoms with van der Waals surface area (Å²) >= 11 is 0. The maximum absolute atomic E-state index is 12.8. The van der Waals surface area contributed by atoms with E-state index in [1.165, 1.54) is 5.57 Å². The number of rotatable bonds is 1. The van der Waals surface area contributed by atoms with Gasteiger partial charge in [0.05, 0.1) is 17.6 Å². The maximum atomic E-state index is 12.8. The van der Waals surface area contributed by atoms with E-state index < -0.39 is 17.5 Å².